The number of carbonyl (C=O) groups is 1. The molecule has 0 spiro atoms. The molecule has 17 heavy (non-hydrogen) atoms. The number of carbonyl (C=O) groups excluding carboxylic acids is 1. The molecule has 0 aromatic heterocycles. The standard InChI is InChI=1S/C14H29NO2/c1-6-10-11-15(12(5)7-2)13(8-3)14(16)17-9-4/h12-13H,6-11H2,1-5H3. The van der Waals surface area contributed by atoms with Crippen LogP contribution in [0.3, 0.4) is 0 Å². The zero-order chi connectivity index (χ0) is 13.3. The molecule has 2 atom stereocenters. The summed E-state index contributed by atoms with van der Waals surface area (Å²) < 4.78 is 5.17. The van der Waals surface area contributed by atoms with Crippen LogP contribution in [0.1, 0.15) is 60.3 Å². The molecule has 0 heterocycles. The number of esters is 1. The third-order valence-electron chi connectivity index (χ3n) is 3.27. The average Bonchev–Trinajstić information content (AvgIpc) is 2.33. The largest absolute Gasteiger partial charge is 0.465 e. The van der Waals surface area contributed by atoms with Crippen LogP contribution >= 0.6 is 0 Å². The van der Waals surface area contributed by atoms with Crippen LogP contribution in [0.2, 0.25) is 0 Å². The van der Waals surface area contributed by atoms with Crippen molar-refractivity contribution in [1.82, 2.24) is 4.90 Å². The lowest BCUT2D eigenvalue weighted by Crippen LogP contribution is -2.47. The van der Waals surface area contributed by atoms with Gasteiger partial charge in [0.2, 0.25) is 0 Å². The van der Waals surface area contributed by atoms with Crippen molar-refractivity contribution in [1.29, 1.82) is 0 Å². The van der Waals surface area contributed by atoms with Gasteiger partial charge in [-0.1, -0.05) is 27.2 Å². The van der Waals surface area contributed by atoms with E-state index >= 15 is 0 Å². The van der Waals surface area contributed by atoms with Crippen molar-refractivity contribution in [3.05, 3.63) is 0 Å². The van der Waals surface area contributed by atoms with Crippen LogP contribution in [-0.4, -0.2) is 36.1 Å². The predicted octanol–water partition coefficient (Wildman–Crippen LogP) is 3.23. The molecule has 0 amide bonds. The first kappa shape index (κ1) is 16.4. The molecule has 0 N–H and O–H groups in total. The van der Waals surface area contributed by atoms with Gasteiger partial charge >= 0.3 is 5.97 Å². The van der Waals surface area contributed by atoms with Gasteiger partial charge in [-0.2, -0.15) is 0 Å². The van der Waals surface area contributed by atoms with Gasteiger partial charge in [-0.15, -0.1) is 0 Å². The molecule has 0 saturated heterocycles. The molecule has 0 saturated carbocycles. The summed E-state index contributed by atoms with van der Waals surface area (Å²) in [6.45, 7) is 11.9. The molecule has 0 rings (SSSR count). The Balaban J connectivity index is 4.64. The molecular weight excluding hydrogens is 214 g/mol. The van der Waals surface area contributed by atoms with Crippen LogP contribution < -0.4 is 0 Å². The van der Waals surface area contributed by atoms with Crippen molar-refractivity contribution in [2.75, 3.05) is 13.2 Å². The minimum absolute atomic E-state index is 0.0635. The molecule has 0 aliphatic rings. The summed E-state index contributed by atoms with van der Waals surface area (Å²) in [6.07, 6.45) is 4.19. The quantitative estimate of drug-likeness (QED) is 0.582. The van der Waals surface area contributed by atoms with Gasteiger partial charge < -0.3 is 4.74 Å². The Morgan fingerprint density at radius 3 is 2.24 bits per heavy atom. The molecular formula is C14H29NO2. The molecule has 0 aromatic rings. The first-order valence-electron chi connectivity index (χ1n) is 7.04. The molecule has 0 aliphatic carbocycles. The van der Waals surface area contributed by atoms with E-state index in [9.17, 15) is 4.79 Å². The van der Waals surface area contributed by atoms with Crippen LogP contribution in [0, 0.1) is 0 Å². The lowest BCUT2D eigenvalue weighted by Gasteiger charge is -2.34. The van der Waals surface area contributed by atoms with Crippen molar-refractivity contribution in [3.8, 4) is 0 Å². The van der Waals surface area contributed by atoms with E-state index in [-0.39, 0.29) is 12.0 Å². The lowest BCUT2D eigenvalue weighted by atomic mass is 10.1. The average molecular weight is 243 g/mol. The second-order valence-electron chi connectivity index (χ2n) is 4.52. The number of hydrogen-bond acceptors (Lipinski definition) is 3. The van der Waals surface area contributed by atoms with Crippen molar-refractivity contribution in [2.24, 2.45) is 0 Å². The number of ether oxygens (including phenoxy) is 1. The molecule has 0 aromatic carbocycles. The van der Waals surface area contributed by atoms with Crippen molar-refractivity contribution < 1.29 is 9.53 Å². The van der Waals surface area contributed by atoms with Gasteiger partial charge in [0.05, 0.1) is 6.61 Å². The van der Waals surface area contributed by atoms with Gasteiger partial charge in [-0.25, -0.2) is 0 Å². The summed E-state index contributed by atoms with van der Waals surface area (Å²) in [4.78, 5) is 14.2. The van der Waals surface area contributed by atoms with Gasteiger partial charge in [-0.3, -0.25) is 9.69 Å². The number of unbranched alkanes of at least 4 members (excludes halogenated alkanes) is 1. The molecule has 3 nitrogen and oxygen atoms in total. The topological polar surface area (TPSA) is 29.5 Å². The van der Waals surface area contributed by atoms with Crippen LogP contribution in [0.4, 0.5) is 0 Å². The van der Waals surface area contributed by atoms with Crippen LogP contribution in [0.15, 0.2) is 0 Å². The van der Waals surface area contributed by atoms with Crippen LogP contribution in [0.5, 0.6) is 0 Å². The normalized spacial score (nSPS) is 14.7. The van der Waals surface area contributed by atoms with E-state index < -0.39 is 0 Å². The Morgan fingerprint density at radius 1 is 1.18 bits per heavy atom. The Kier molecular flexibility index (Phi) is 9.14. The molecule has 3 heteroatoms. The first-order valence-corrected chi connectivity index (χ1v) is 7.04. The van der Waals surface area contributed by atoms with Crippen molar-refractivity contribution >= 4 is 5.97 Å². The van der Waals surface area contributed by atoms with E-state index in [0.29, 0.717) is 12.6 Å². The van der Waals surface area contributed by atoms with Crippen LogP contribution in [0.25, 0.3) is 0 Å². The number of rotatable bonds is 9. The molecule has 0 aliphatic heterocycles. The smallest absolute Gasteiger partial charge is 0.323 e. The zero-order valence-corrected chi connectivity index (χ0v) is 12.2. The summed E-state index contributed by atoms with van der Waals surface area (Å²) >= 11 is 0. The molecule has 102 valence electrons. The SMILES string of the molecule is CCCCN(C(C)CC)C(CC)C(=O)OCC. The van der Waals surface area contributed by atoms with E-state index in [1.165, 1.54) is 0 Å². The summed E-state index contributed by atoms with van der Waals surface area (Å²) in [5, 5.41) is 0. The van der Waals surface area contributed by atoms with Gasteiger partial charge in [0, 0.05) is 6.04 Å². The summed E-state index contributed by atoms with van der Waals surface area (Å²) in [7, 11) is 0. The highest BCUT2D eigenvalue weighted by Crippen LogP contribution is 2.14. The maximum Gasteiger partial charge on any atom is 0.323 e. The molecule has 0 fully saturated rings. The summed E-state index contributed by atoms with van der Waals surface area (Å²) in [5.74, 6) is -0.0635. The highest BCUT2D eigenvalue weighted by molar-refractivity contribution is 5.75. The maximum atomic E-state index is 11.9. The first-order chi connectivity index (χ1) is 8.12. The monoisotopic (exact) mass is 243 g/mol. The minimum Gasteiger partial charge on any atom is -0.465 e. The lowest BCUT2D eigenvalue weighted by molar-refractivity contribution is -0.150. The van der Waals surface area contributed by atoms with Crippen LogP contribution in [-0.2, 0) is 9.53 Å². The fourth-order valence-electron chi connectivity index (χ4n) is 2.03. The third-order valence-corrected chi connectivity index (χ3v) is 3.27. The third kappa shape index (κ3) is 5.53. The number of hydrogen-bond donors (Lipinski definition) is 0. The highest BCUT2D eigenvalue weighted by Gasteiger charge is 2.27. The van der Waals surface area contributed by atoms with E-state index in [1.807, 2.05) is 6.92 Å². The Hall–Kier alpha value is -0.570. The second-order valence-corrected chi connectivity index (χ2v) is 4.52. The van der Waals surface area contributed by atoms with E-state index in [4.69, 9.17) is 4.74 Å². The Morgan fingerprint density at radius 2 is 1.82 bits per heavy atom. The molecule has 0 radical (unpaired) electrons. The minimum atomic E-state index is -0.0727. The second kappa shape index (κ2) is 9.46. The van der Waals surface area contributed by atoms with Gasteiger partial charge in [0.25, 0.3) is 0 Å². The highest BCUT2D eigenvalue weighted by atomic mass is 16.5. The molecule has 2 unspecified atom stereocenters. The zero-order valence-electron chi connectivity index (χ0n) is 12.2. The van der Waals surface area contributed by atoms with Gasteiger partial charge in [0.1, 0.15) is 6.04 Å². The van der Waals surface area contributed by atoms with Gasteiger partial charge in [-0.05, 0) is 39.7 Å². The van der Waals surface area contributed by atoms with Crippen molar-refractivity contribution in [3.63, 3.8) is 0 Å². The maximum absolute atomic E-state index is 11.9. The van der Waals surface area contributed by atoms with E-state index in [1.54, 1.807) is 0 Å². The molecule has 0 bridgehead atoms. The Labute approximate surface area is 107 Å². The summed E-state index contributed by atoms with van der Waals surface area (Å²) in [6, 6.07) is 0.368. The Bertz CT molecular complexity index is 206. The van der Waals surface area contributed by atoms with E-state index in [0.717, 1.165) is 32.2 Å². The fraction of sp³-hybridized carbons (Fsp3) is 0.929. The summed E-state index contributed by atoms with van der Waals surface area (Å²) in [5.41, 5.74) is 0. The van der Waals surface area contributed by atoms with Crippen molar-refractivity contribution in [2.45, 2.75) is 72.4 Å². The van der Waals surface area contributed by atoms with E-state index in [2.05, 4.69) is 32.6 Å². The number of nitrogens with zero attached hydrogens (tertiary/aromatic N) is 1. The van der Waals surface area contributed by atoms with Gasteiger partial charge in [0.15, 0.2) is 0 Å². The predicted molar refractivity (Wildman–Crippen MR) is 72.1 cm³/mol. The fourth-order valence-corrected chi connectivity index (χ4v) is 2.03.